The first-order valence-electron chi connectivity index (χ1n) is 9.53. The molecule has 2 aromatic rings. The first-order chi connectivity index (χ1) is 14.1. The zero-order valence-electron chi connectivity index (χ0n) is 16.5. The van der Waals surface area contributed by atoms with Gasteiger partial charge in [-0.3, -0.25) is 19.5 Å². The van der Waals surface area contributed by atoms with Crippen molar-refractivity contribution >= 4 is 11.8 Å². The molecule has 0 aliphatic carbocycles. The van der Waals surface area contributed by atoms with Crippen molar-refractivity contribution in [1.29, 1.82) is 0 Å². The lowest BCUT2D eigenvalue weighted by Crippen LogP contribution is -2.37. The fourth-order valence-corrected chi connectivity index (χ4v) is 3.08. The molecule has 0 bridgehead atoms. The third kappa shape index (κ3) is 6.55. The van der Waals surface area contributed by atoms with E-state index in [0.29, 0.717) is 39.3 Å². The third-order valence-corrected chi connectivity index (χ3v) is 4.51. The lowest BCUT2D eigenvalue weighted by Gasteiger charge is -2.18. The van der Waals surface area contributed by atoms with Crippen LogP contribution in [0.2, 0.25) is 0 Å². The Morgan fingerprint density at radius 1 is 1.17 bits per heavy atom. The van der Waals surface area contributed by atoms with E-state index in [-0.39, 0.29) is 18.4 Å². The summed E-state index contributed by atoms with van der Waals surface area (Å²) in [5, 5.41) is 5.67. The van der Waals surface area contributed by atoms with Gasteiger partial charge in [-0.1, -0.05) is 18.2 Å². The summed E-state index contributed by atoms with van der Waals surface area (Å²) >= 11 is 0. The van der Waals surface area contributed by atoms with E-state index in [9.17, 15) is 9.59 Å². The van der Waals surface area contributed by atoms with Crippen LogP contribution in [0.15, 0.2) is 42.6 Å². The second-order valence-corrected chi connectivity index (χ2v) is 6.81. The number of carbonyl (C=O) groups excluding carboxylic acids is 2. The Kier molecular flexibility index (Phi) is 7.54. The van der Waals surface area contributed by atoms with Gasteiger partial charge >= 0.3 is 0 Å². The molecule has 1 aliphatic heterocycles. The Bertz CT molecular complexity index is 843. The van der Waals surface area contributed by atoms with Gasteiger partial charge in [0.05, 0.1) is 18.8 Å². The molecule has 1 aromatic heterocycles. The highest BCUT2D eigenvalue weighted by Crippen LogP contribution is 2.22. The number of methoxy groups -OCH3 is 1. The van der Waals surface area contributed by atoms with Crippen molar-refractivity contribution in [2.45, 2.75) is 19.6 Å². The number of nitrogens with zero attached hydrogens (tertiary/aromatic N) is 2. The van der Waals surface area contributed by atoms with Crippen LogP contribution in [-0.4, -0.2) is 55.1 Å². The van der Waals surface area contributed by atoms with Gasteiger partial charge in [0.15, 0.2) is 0 Å². The van der Waals surface area contributed by atoms with E-state index in [1.165, 1.54) is 7.11 Å². The van der Waals surface area contributed by atoms with Gasteiger partial charge in [-0.2, -0.15) is 0 Å². The molecule has 8 heteroatoms. The van der Waals surface area contributed by atoms with Crippen LogP contribution in [0, 0.1) is 0 Å². The van der Waals surface area contributed by atoms with Crippen LogP contribution in [0.25, 0.3) is 0 Å². The fraction of sp³-hybridized carbons (Fsp3) is 0.381. The molecule has 0 spiro atoms. The molecule has 0 saturated heterocycles. The molecule has 29 heavy (non-hydrogen) atoms. The molecular formula is C21H26N4O4. The van der Waals surface area contributed by atoms with Crippen LogP contribution < -0.4 is 15.4 Å². The zero-order chi connectivity index (χ0) is 20.5. The molecule has 0 fully saturated rings. The first-order valence-corrected chi connectivity index (χ1v) is 9.53. The van der Waals surface area contributed by atoms with Crippen molar-refractivity contribution in [2.24, 2.45) is 0 Å². The second kappa shape index (κ2) is 10.5. The Morgan fingerprint density at radius 3 is 2.86 bits per heavy atom. The average molecular weight is 398 g/mol. The summed E-state index contributed by atoms with van der Waals surface area (Å²) in [5.74, 6) is 0.640. The van der Waals surface area contributed by atoms with E-state index in [1.54, 1.807) is 6.20 Å². The molecule has 3 rings (SSSR count). The lowest BCUT2D eigenvalue weighted by molar-refractivity contribution is -0.125. The molecule has 2 heterocycles. The normalized spacial score (nSPS) is 13.7. The molecule has 0 atom stereocenters. The van der Waals surface area contributed by atoms with Crippen LogP contribution in [0.1, 0.15) is 16.8 Å². The smallest absolute Gasteiger partial charge is 0.246 e. The van der Waals surface area contributed by atoms with Crippen molar-refractivity contribution < 1.29 is 19.1 Å². The van der Waals surface area contributed by atoms with Gasteiger partial charge in [0.2, 0.25) is 11.8 Å². The summed E-state index contributed by atoms with van der Waals surface area (Å²) in [6.45, 7) is 2.97. The van der Waals surface area contributed by atoms with Crippen LogP contribution >= 0.6 is 0 Å². The van der Waals surface area contributed by atoms with Gasteiger partial charge in [-0.25, -0.2) is 0 Å². The molecule has 2 amide bonds. The molecule has 0 unspecified atom stereocenters. The van der Waals surface area contributed by atoms with Gasteiger partial charge in [-0.05, 0) is 23.8 Å². The number of nitrogens with one attached hydrogen (secondary N) is 2. The fourth-order valence-electron chi connectivity index (χ4n) is 3.08. The minimum absolute atomic E-state index is 0.0278. The van der Waals surface area contributed by atoms with Crippen LogP contribution in [0.3, 0.4) is 0 Å². The van der Waals surface area contributed by atoms with Gasteiger partial charge in [0.1, 0.15) is 19.0 Å². The van der Waals surface area contributed by atoms with E-state index in [4.69, 9.17) is 9.47 Å². The molecular weight excluding hydrogens is 372 g/mol. The summed E-state index contributed by atoms with van der Waals surface area (Å²) in [4.78, 5) is 30.2. The summed E-state index contributed by atoms with van der Waals surface area (Å²) in [5.41, 5.74) is 2.74. The van der Waals surface area contributed by atoms with Crippen molar-refractivity contribution in [2.75, 3.05) is 33.4 Å². The van der Waals surface area contributed by atoms with E-state index in [2.05, 4.69) is 20.5 Å². The van der Waals surface area contributed by atoms with Crippen molar-refractivity contribution in [1.82, 2.24) is 20.5 Å². The van der Waals surface area contributed by atoms with E-state index >= 15 is 0 Å². The standard InChI is InChI=1S/C21H26N4O4/c1-28-15-21(27)23-11-16-6-7-22-18(10-16)12-24-20(26)14-25-8-9-29-19-5-3-2-4-17(19)13-25/h2-7,10H,8-9,11-15H2,1H3,(H,23,27)(H,24,26). The van der Waals surface area contributed by atoms with Crippen molar-refractivity contribution in [3.05, 3.63) is 59.4 Å². The molecule has 2 N–H and O–H groups in total. The number of aromatic nitrogens is 1. The predicted molar refractivity (Wildman–Crippen MR) is 107 cm³/mol. The minimum Gasteiger partial charge on any atom is -0.492 e. The molecule has 8 nitrogen and oxygen atoms in total. The minimum atomic E-state index is -0.179. The highest BCUT2D eigenvalue weighted by Gasteiger charge is 2.17. The number of hydrogen-bond donors (Lipinski definition) is 2. The molecule has 1 aromatic carbocycles. The molecule has 0 saturated carbocycles. The number of hydrogen-bond acceptors (Lipinski definition) is 6. The van der Waals surface area contributed by atoms with Gasteiger partial charge in [-0.15, -0.1) is 0 Å². The van der Waals surface area contributed by atoms with Crippen LogP contribution in [0.5, 0.6) is 5.75 Å². The topological polar surface area (TPSA) is 92.8 Å². The number of pyridine rings is 1. The Balaban J connectivity index is 1.47. The number of rotatable bonds is 8. The highest BCUT2D eigenvalue weighted by molar-refractivity contribution is 5.78. The summed E-state index contributed by atoms with van der Waals surface area (Å²) < 4.78 is 10.5. The van der Waals surface area contributed by atoms with E-state index in [1.807, 2.05) is 36.4 Å². The summed E-state index contributed by atoms with van der Waals surface area (Å²) in [6.07, 6.45) is 1.67. The number of para-hydroxylation sites is 1. The molecule has 1 aliphatic rings. The van der Waals surface area contributed by atoms with Gasteiger partial charge in [0.25, 0.3) is 0 Å². The maximum atomic E-state index is 12.4. The lowest BCUT2D eigenvalue weighted by atomic mass is 10.2. The largest absolute Gasteiger partial charge is 0.492 e. The maximum absolute atomic E-state index is 12.4. The highest BCUT2D eigenvalue weighted by atomic mass is 16.5. The SMILES string of the molecule is COCC(=O)NCc1ccnc(CNC(=O)CN2CCOc3ccccc3C2)c1. The van der Waals surface area contributed by atoms with Gasteiger partial charge < -0.3 is 20.1 Å². The number of ether oxygens (including phenoxy) is 2. The summed E-state index contributed by atoms with van der Waals surface area (Å²) in [7, 11) is 1.48. The monoisotopic (exact) mass is 398 g/mol. The van der Waals surface area contributed by atoms with E-state index < -0.39 is 0 Å². The molecule has 154 valence electrons. The van der Waals surface area contributed by atoms with Crippen LogP contribution in [0.4, 0.5) is 0 Å². The van der Waals surface area contributed by atoms with Crippen LogP contribution in [-0.2, 0) is 34.0 Å². The van der Waals surface area contributed by atoms with Crippen molar-refractivity contribution in [3.8, 4) is 5.75 Å². The quantitative estimate of drug-likeness (QED) is 0.685. The second-order valence-electron chi connectivity index (χ2n) is 6.81. The first kappa shape index (κ1) is 20.8. The number of carbonyl (C=O) groups is 2. The maximum Gasteiger partial charge on any atom is 0.246 e. The number of fused-ring (bicyclic) bond motifs is 1. The predicted octanol–water partition coefficient (Wildman–Crippen LogP) is 0.855. The Hall–Kier alpha value is -2.97. The molecule has 0 radical (unpaired) electrons. The average Bonchev–Trinajstić information content (AvgIpc) is 2.93. The summed E-state index contributed by atoms with van der Waals surface area (Å²) in [6, 6.07) is 11.6. The number of amides is 2. The Labute approximate surface area is 170 Å². The number of benzene rings is 1. The zero-order valence-corrected chi connectivity index (χ0v) is 16.5. The Morgan fingerprint density at radius 2 is 2.00 bits per heavy atom. The van der Waals surface area contributed by atoms with Gasteiger partial charge in [0, 0.05) is 38.5 Å². The third-order valence-electron chi connectivity index (χ3n) is 4.51. The van der Waals surface area contributed by atoms with Crippen molar-refractivity contribution in [3.63, 3.8) is 0 Å². The van der Waals surface area contributed by atoms with E-state index in [0.717, 1.165) is 22.6 Å².